The smallest absolute Gasteiger partial charge is 0.344 e. The Labute approximate surface area is 151 Å². The highest BCUT2D eigenvalue weighted by Crippen LogP contribution is 2.32. The molecule has 27 heavy (non-hydrogen) atoms. The summed E-state index contributed by atoms with van der Waals surface area (Å²) in [5.74, 6) is -4.45. The largest absolute Gasteiger partial charge is 0.490 e. The first-order valence-electron chi connectivity index (χ1n) is 7.48. The van der Waals surface area contributed by atoms with E-state index in [0.29, 0.717) is 5.56 Å². The van der Waals surface area contributed by atoms with Crippen LogP contribution in [0.25, 0.3) is 0 Å². The summed E-state index contributed by atoms with van der Waals surface area (Å²) < 4.78 is 36.5. The number of hydrogen-bond acceptors (Lipinski definition) is 6. The first-order chi connectivity index (χ1) is 12.7. The van der Waals surface area contributed by atoms with Gasteiger partial charge in [-0.25, -0.2) is 13.6 Å². The molecule has 0 unspecified atom stereocenters. The Bertz CT molecular complexity index is 896. The van der Waals surface area contributed by atoms with Crippen LogP contribution in [-0.2, 0) is 9.53 Å². The number of carbonyl (C=O) groups excluding carboxylic acids is 2. The van der Waals surface area contributed by atoms with Crippen molar-refractivity contribution in [3.8, 4) is 5.75 Å². The maximum absolute atomic E-state index is 13.5. The highest BCUT2D eigenvalue weighted by Gasteiger charge is 2.21. The minimum Gasteiger partial charge on any atom is -0.490 e. The van der Waals surface area contributed by atoms with E-state index in [2.05, 4.69) is 10.1 Å². The predicted octanol–water partition coefficient (Wildman–Crippen LogP) is 2.99. The maximum atomic E-state index is 13.5. The summed E-state index contributed by atoms with van der Waals surface area (Å²) in [7, 11) is 1.23. The number of hydrogen-bond donors (Lipinski definition) is 1. The molecule has 0 aliphatic carbocycles. The Kier molecular flexibility index (Phi) is 6.01. The molecule has 1 amide bonds. The van der Waals surface area contributed by atoms with Crippen LogP contribution in [-0.4, -0.2) is 30.5 Å². The number of nitrogens with one attached hydrogen (secondary N) is 1. The number of methoxy groups -OCH3 is 1. The normalized spacial score (nSPS) is 10.2. The lowest BCUT2D eigenvalue weighted by Gasteiger charge is -2.11. The number of carbonyl (C=O) groups is 2. The third-order valence-corrected chi connectivity index (χ3v) is 3.50. The number of esters is 1. The maximum Gasteiger partial charge on any atom is 0.344 e. The third-order valence-electron chi connectivity index (χ3n) is 3.50. The summed E-state index contributed by atoms with van der Waals surface area (Å²) in [4.78, 5) is 34.0. The minimum atomic E-state index is -1.33. The summed E-state index contributed by atoms with van der Waals surface area (Å²) in [6, 6.07) is 5.29. The third kappa shape index (κ3) is 4.54. The van der Waals surface area contributed by atoms with Gasteiger partial charge in [0.2, 0.25) is 0 Å². The fraction of sp³-hybridized carbons (Fsp3) is 0.176. The number of nitro benzene ring substituents is 1. The van der Waals surface area contributed by atoms with Gasteiger partial charge in [0.25, 0.3) is 5.91 Å². The molecular formula is C17H14F2N2O6. The zero-order valence-corrected chi connectivity index (χ0v) is 14.2. The molecule has 10 heteroatoms. The fourth-order valence-electron chi connectivity index (χ4n) is 2.20. The van der Waals surface area contributed by atoms with Gasteiger partial charge >= 0.3 is 11.7 Å². The number of rotatable bonds is 6. The van der Waals surface area contributed by atoms with E-state index in [9.17, 15) is 28.5 Å². The van der Waals surface area contributed by atoms with Gasteiger partial charge in [0.05, 0.1) is 12.0 Å². The van der Waals surface area contributed by atoms with Crippen LogP contribution in [0, 0.1) is 28.7 Å². The molecule has 0 aliphatic rings. The number of amides is 1. The fourth-order valence-corrected chi connectivity index (χ4v) is 2.20. The SMILES string of the molecule is COc1cc(NC(=O)COC(=O)c2c(F)cccc2F)c(C)cc1[N+](=O)[O-]. The van der Waals surface area contributed by atoms with Gasteiger partial charge in [0.15, 0.2) is 12.4 Å². The van der Waals surface area contributed by atoms with Crippen molar-refractivity contribution in [2.75, 3.05) is 19.0 Å². The number of anilines is 1. The van der Waals surface area contributed by atoms with Crippen molar-refractivity contribution in [1.82, 2.24) is 0 Å². The minimum absolute atomic E-state index is 0.0775. The molecule has 0 radical (unpaired) electrons. The highest BCUT2D eigenvalue weighted by atomic mass is 19.1. The number of nitro groups is 1. The molecule has 2 aromatic carbocycles. The molecule has 0 saturated carbocycles. The van der Waals surface area contributed by atoms with Crippen LogP contribution in [0.4, 0.5) is 20.2 Å². The Morgan fingerprint density at radius 3 is 2.41 bits per heavy atom. The van der Waals surface area contributed by atoms with Crippen molar-refractivity contribution in [1.29, 1.82) is 0 Å². The van der Waals surface area contributed by atoms with Gasteiger partial charge in [0, 0.05) is 17.8 Å². The van der Waals surface area contributed by atoms with Gasteiger partial charge in [-0.15, -0.1) is 0 Å². The lowest BCUT2D eigenvalue weighted by molar-refractivity contribution is -0.385. The first kappa shape index (κ1) is 19.8. The Hall–Kier alpha value is -3.56. The van der Waals surface area contributed by atoms with Gasteiger partial charge in [0.1, 0.15) is 17.2 Å². The quantitative estimate of drug-likeness (QED) is 0.469. The second-order valence-corrected chi connectivity index (χ2v) is 5.32. The van der Waals surface area contributed by atoms with Crippen molar-refractivity contribution in [2.45, 2.75) is 6.92 Å². The molecule has 142 valence electrons. The second kappa shape index (κ2) is 8.21. The number of aryl methyl sites for hydroxylation is 1. The first-order valence-corrected chi connectivity index (χ1v) is 7.48. The van der Waals surface area contributed by atoms with Gasteiger partial charge in [-0.2, -0.15) is 0 Å². The van der Waals surface area contributed by atoms with Crippen LogP contribution < -0.4 is 10.1 Å². The van der Waals surface area contributed by atoms with E-state index in [-0.39, 0.29) is 17.1 Å². The van der Waals surface area contributed by atoms with E-state index < -0.39 is 40.6 Å². The van der Waals surface area contributed by atoms with Gasteiger partial charge in [-0.05, 0) is 24.6 Å². The molecule has 0 aromatic heterocycles. The molecule has 0 bridgehead atoms. The lowest BCUT2D eigenvalue weighted by Crippen LogP contribution is -2.22. The summed E-state index contributed by atoms with van der Waals surface area (Å²) in [6.45, 7) is 0.703. The second-order valence-electron chi connectivity index (χ2n) is 5.32. The van der Waals surface area contributed by atoms with Crippen molar-refractivity contribution in [2.24, 2.45) is 0 Å². The molecule has 0 spiro atoms. The average Bonchev–Trinajstić information content (AvgIpc) is 2.61. The molecule has 1 N–H and O–H groups in total. The van der Waals surface area contributed by atoms with Crippen LogP contribution in [0.2, 0.25) is 0 Å². The van der Waals surface area contributed by atoms with E-state index in [1.54, 1.807) is 0 Å². The molecule has 0 heterocycles. The summed E-state index contributed by atoms with van der Waals surface area (Å²) in [6.07, 6.45) is 0. The number of ether oxygens (including phenoxy) is 2. The molecule has 2 rings (SSSR count). The lowest BCUT2D eigenvalue weighted by atomic mass is 10.1. The summed E-state index contributed by atoms with van der Waals surface area (Å²) in [5.41, 5.74) is -0.633. The molecule has 2 aromatic rings. The molecule has 8 nitrogen and oxygen atoms in total. The van der Waals surface area contributed by atoms with E-state index in [1.807, 2.05) is 0 Å². The molecule has 0 aliphatic heterocycles. The van der Waals surface area contributed by atoms with Crippen LogP contribution >= 0.6 is 0 Å². The predicted molar refractivity (Wildman–Crippen MR) is 89.7 cm³/mol. The molecule has 0 atom stereocenters. The monoisotopic (exact) mass is 380 g/mol. The van der Waals surface area contributed by atoms with Crippen LogP contribution in [0.5, 0.6) is 5.75 Å². The van der Waals surface area contributed by atoms with E-state index in [0.717, 1.165) is 18.2 Å². The van der Waals surface area contributed by atoms with Crippen molar-refractivity contribution < 1.29 is 32.8 Å². The zero-order valence-electron chi connectivity index (χ0n) is 14.2. The Balaban J connectivity index is 2.08. The number of benzene rings is 2. The topological polar surface area (TPSA) is 108 Å². The zero-order chi connectivity index (χ0) is 20.1. The number of nitrogens with zero attached hydrogens (tertiary/aromatic N) is 1. The van der Waals surface area contributed by atoms with Crippen molar-refractivity contribution in [3.05, 3.63) is 63.2 Å². The summed E-state index contributed by atoms with van der Waals surface area (Å²) >= 11 is 0. The van der Waals surface area contributed by atoms with Crippen LogP contribution in [0.3, 0.4) is 0 Å². The highest BCUT2D eigenvalue weighted by molar-refractivity contribution is 5.96. The van der Waals surface area contributed by atoms with E-state index in [4.69, 9.17) is 4.74 Å². The average molecular weight is 380 g/mol. The van der Waals surface area contributed by atoms with Crippen molar-refractivity contribution in [3.63, 3.8) is 0 Å². The van der Waals surface area contributed by atoms with Crippen LogP contribution in [0.15, 0.2) is 30.3 Å². The van der Waals surface area contributed by atoms with Crippen LogP contribution in [0.1, 0.15) is 15.9 Å². The molecule has 0 fully saturated rings. The standard InChI is InChI=1S/C17H14F2N2O6/c1-9-6-13(21(24)25)14(26-2)7-12(9)20-15(22)8-27-17(23)16-10(18)4-3-5-11(16)19/h3-7H,8H2,1-2H3,(H,20,22). The van der Waals surface area contributed by atoms with Gasteiger partial charge in [-0.1, -0.05) is 6.07 Å². The number of halogens is 2. The molecular weight excluding hydrogens is 366 g/mol. The van der Waals surface area contributed by atoms with E-state index in [1.165, 1.54) is 26.2 Å². The molecule has 0 saturated heterocycles. The Morgan fingerprint density at radius 1 is 1.22 bits per heavy atom. The van der Waals surface area contributed by atoms with Gasteiger partial charge in [-0.3, -0.25) is 14.9 Å². The van der Waals surface area contributed by atoms with Crippen molar-refractivity contribution >= 4 is 23.3 Å². The van der Waals surface area contributed by atoms with E-state index >= 15 is 0 Å². The Morgan fingerprint density at radius 2 is 1.85 bits per heavy atom. The van der Waals surface area contributed by atoms with Gasteiger partial charge < -0.3 is 14.8 Å². The summed E-state index contributed by atoms with van der Waals surface area (Å²) in [5, 5.41) is 13.3.